The van der Waals surface area contributed by atoms with Crippen LogP contribution in [0.4, 0.5) is 9.18 Å². The van der Waals surface area contributed by atoms with Crippen LogP contribution in [-0.4, -0.2) is 17.7 Å². The van der Waals surface area contributed by atoms with Crippen LogP contribution in [0.15, 0.2) is 28.7 Å². The summed E-state index contributed by atoms with van der Waals surface area (Å²) >= 11 is 3.22. The average molecular weight is 262 g/mol. The number of alkyl halides is 1. The van der Waals surface area contributed by atoms with E-state index in [0.717, 1.165) is 4.47 Å². The zero-order chi connectivity index (χ0) is 10.6. The molecule has 76 valence electrons. The number of benzene rings is 1. The predicted octanol–water partition coefficient (Wildman–Crippen LogP) is 2.73. The van der Waals surface area contributed by atoms with E-state index >= 15 is 0 Å². The second-order valence-corrected chi connectivity index (χ2v) is 3.62. The second-order valence-electron chi connectivity index (χ2n) is 2.71. The molecule has 0 saturated carbocycles. The van der Waals surface area contributed by atoms with Crippen molar-refractivity contribution in [3.8, 4) is 0 Å². The van der Waals surface area contributed by atoms with Crippen molar-refractivity contribution in [1.29, 1.82) is 0 Å². The van der Waals surface area contributed by atoms with Crippen molar-refractivity contribution in [3.63, 3.8) is 0 Å². The first-order chi connectivity index (χ1) is 6.59. The van der Waals surface area contributed by atoms with Gasteiger partial charge in [0.05, 0.1) is 6.54 Å². The molecule has 0 fully saturated rings. The van der Waals surface area contributed by atoms with Gasteiger partial charge >= 0.3 is 6.09 Å². The molecule has 0 saturated heterocycles. The first-order valence-electron chi connectivity index (χ1n) is 3.96. The Bertz CT molecular complexity index is 315. The highest BCUT2D eigenvalue weighted by Crippen LogP contribution is 2.19. The quantitative estimate of drug-likeness (QED) is 0.879. The molecule has 1 rings (SSSR count). The molecule has 0 aliphatic rings. The standard InChI is InChI=1S/C9H9BrFNO2/c10-7-3-1-6(2-4-7)8(11)5-12-9(13)14/h1-4,8,12H,5H2,(H,13,14)/t8-/m0/s1. The summed E-state index contributed by atoms with van der Waals surface area (Å²) in [6.07, 6.45) is -2.52. The average Bonchev–Trinajstić information content (AvgIpc) is 2.15. The van der Waals surface area contributed by atoms with Crippen LogP contribution in [0.1, 0.15) is 11.7 Å². The normalized spacial score (nSPS) is 12.1. The van der Waals surface area contributed by atoms with Gasteiger partial charge in [0.2, 0.25) is 0 Å². The number of halogens is 2. The van der Waals surface area contributed by atoms with Crippen LogP contribution >= 0.6 is 15.9 Å². The van der Waals surface area contributed by atoms with Gasteiger partial charge in [-0.05, 0) is 17.7 Å². The molecule has 2 N–H and O–H groups in total. The van der Waals surface area contributed by atoms with Crippen molar-refractivity contribution in [1.82, 2.24) is 5.32 Å². The molecule has 0 radical (unpaired) electrons. The highest BCUT2D eigenvalue weighted by molar-refractivity contribution is 9.10. The first kappa shape index (κ1) is 11.0. The maximum Gasteiger partial charge on any atom is 0.404 e. The van der Waals surface area contributed by atoms with Crippen molar-refractivity contribution < 1.29 is 14.3 Å². The number of hydrogen-bond acceptors (Lipinski definition) is 1. The van der Waals surface area contributed by atoms with Gasteiger partial charge in [-0.1, -0.05) is 28.1 Å². The van der Waals surface area contributed by atoms with Gasteiger partial charge in [-0.2, -0.15) is 0 Å². The first-order valence-corrected chi connectivity index (χ1v) is 4.75. The molecule has 3 nitrogen and oxygen atoms in total. The van der Waals surface area contributed by atoms with E-state index in [2.05, 4.69) is 15.9 Å². The fraction of sp³-hybridized carbons (Fsp3) is 0.222. The van der Waals surface area contributed by atoms with Gasteiger partial charge in [0.15, 0.2) is 0 Å². The van der Waals surface area contributed by atoms with Crippen LogP contribution in [0.5, 0.6) is 0 Å². The van der Waals surface area contributed by atoms with Crippen molar-refractivity contribution in [2.75, 3.05) is 6.54 Å². The molecule has 5 heteroatoms. The summed E-state index contributed by atoms with van der Waals surface area (Å²) in [4.78, 5) is 10.1. The number of nitrogens with one attached hydrogen (secondary N) is 1. The Morgan fingerprint density at radius 1 is 1.50 bits per heavy atom. The Hall–Kier alpha value is -1.10. The lowest BCUT2D eigenvalue weighted by Gasteiger charge is -2.07. The van der Waals surface area contributed by atoms with E-state index in [4.69, 9.17) is 5.11 Å². The SMILES string of the molecule is O=C(O)NC[C@H](F)c1ccc(Br)cc1. The third kappa shape index (κ3) is 3.33. The van der Waals surface area contributed by atoms with E-state index in [0.29, 0.717) is 5.56 Å². The van der Waals surface area contributed by atoms with Gasteiger partial charge in [-0.25, -0.2) is 9.18 Å². The Kier molecular flexibility index (Phi) is 3.88. The minimum atomic E-state index is -1.31. The molecule has 0 unspecified atom stereocenters. The Morgan fingerprint density at radius 2 is 2.07 bits per heavy atom. The minimum absolute atomic E-state index is 0.225. The van der Waals surface area contributed by atoms with E-state index < -0.39 is 12.3 Å². The van der Waals surface area contributed by atoms with E-state index in [1.54, 1.807) is 24.3 Å². The van der Waals surface area contributed by atoms with Crippen LogP contribution in [0.2, 0.25) is 0 Å². The van der Waals surface area contributed by atoms with Crippen molar-refractivity contribution in [2.45, 2.75) is 6.17 Å². The summed E-state index contributed by atoms with van der Waals surface area (Å²) in [5, 5.41) is 10.3. The van der Waals surface area contributed by atoms with Crippen molar-refractivity contribution in [2.24, 2.45) is 0 Å². The third-order valence-corrected chi connectivity index (χ3v) is 2.19. The largest absolute Gasteiger partial charge is 0.465 e. The number of carboxylic acid groups (broad SMARTS) is 1. The molecule has 14 heavy (non-hydrogen) atoms. The molecule has 1 aromatic rings. The molecule has 1 atom stereocenters. The topological polar surface area (TPSA) is 49.3 Å². The van der Waals surface area contributed by atoms with Gasteiger partial charge in [0.25, 0.3) is 0 Å². The molecule has 0 aliphatic carbocycles. The number of amides is 1. The Labute approximate surface area is 89.1 Å². The Balaban J connectivity index is 2.56. The lowest BCUT2D eigenvalue weighted by Crippen LogP contribution is -2.24. The van der Waals surface area contributed by atoms with E-state index in [1.807, 2.05) is 5.32 Å². The van der Waals surface area contributed by atoms with E-state index in [1.165, 1.54) is 0 Å². The molecule has 0 spiro atoms. The van der Waals surface area contributed by atoms with Gasteiger partial charge in [0.1, 0.15) is 6.17 Å². The monoisotopic (exact) mass is 261 g/mol. The van der Waals surface area contributed by atoms with Crippen LogP contribution in [0.25, 0.3) is 0 Å². The smallest absolute Gasteiger partial charge is 0.404 e. The minimum Gasteiger partial charge on any atom is -0.465 e. The number of carbonyl (C=O) groups is 1. The molecule has 0 heterocycles. The Morgan fingerprint density at radius 3 is 2.57 bits per heavy atom. The molecule has 0 bridgehead atoms. The van der Waals surface area contributed by atoms with Crippen LogP contribution < -0.4 is 5.32 Å². The van der Waals surface area contributed by atoms with Crippen LogP contribution in [-0.2, 0) is 0 Å². The summed E-state index contributed by atoms with van der Waals surface area (Å²) in [5.74, 6) is 0. The number of rotatable bonds is 3. The van der Waals surface area contributed by atoms with E-state index in [9.17, 15) is 9.18 Å². The molecule has 0 aromatic heterocycles. The number of hydrogen-bond donors (Lipinski definition) is 2. The molecule has 0 aliphatic heterocycles. The summed E-state index contributed by atoms with van der Waals surface area (Å²) in [5.41, 5.74) is 0.460. The van der Waals surface area contributed by atoms with Gasteiger partial charge in [0, 0.05) is 4.47 Å². The van der Waals surface area contributed by atoms with Gasteiger partial charge in [-0.15, -0.1) is 0 Å². The highest BCUT2D eigenvalue weighted by atomic mass is 79.9. The van der Waals surface area contributed by atoms with Gasteiger partial charge in [-0.3, -0.25) is 0 Å². The second kappa shape index (κ2) is 4.95. The summed E-state index contributed by atoms with van der Waals surface area (Å²) in [6.45, 7) is -0.225. The molecule has 1 amide bonds. The van der Waals surface area contributed by atoms with E-state index in [-0.39, 0.29) is 6.54 Å². The lowest BCUT2D eigenvalue weighted by molar-refractivity contribution is 0.189. The third-order valence-electron chi connectivity index (χ3n) is 1.66. The van der Waals surface area contributed by atoms with Crippen LogP contribution in [0.3, 0.4) is 0 Å². The maximum atomic E-state index is 13.3. The van der Waals surface area contributed by atoms with Crippen molar-refractivity contribution in [3.05, 3.63) is 34.3 Å². The summed E-state index contributed by atoms with van der Waals surface area (Å²) in [6, 6.07) is 6.64. The van der Waals surface area contributed by atoms with Gasteiger partial charge < -0.3 is 10.4 Å². The molecular weight excluding hydrogens is 253 g/mol. The lowest BCUT2D eigenvalue weighted by atomic mass is 10.1. The van der Waals surface area contributed by atoms with Crippen molar-refractivity contribution >= 4 is 22.0 Å². The molecule has 1 aromatic carbocycles. The fourth-order valence-corrected chi connectivity index (χ4v) is 1.23. The summed E-state index contributed by atoms with van der Waals surface area (Å²) in [7, 11) is 0. The fourth-order valence-electron chi connectivity index (χ4n) is 0.966. The van der Waals surface area contributed by atoms with Crippen LogP contribution in [0, 0.1) is 0 Å². The summed E-state index contributed by atoms with van der Waals surface area (Å²) < 4.78 is 14.1. The maximum absolute atomic E-state index is 13.3. The zero-order valence-corrected chi connectivity index (χ0v) is 8.79. The molecular formula is C9H9BrFNO2. The highest BCUT2D eigenvalue weighted by Gasteiger charge is 2.10. The zero-order valence-electron chi connectivity index (χ0n) is 7.21. The predicted molar refractivity (Wildman–Crippen MR) is 54.0 cm³/mol.